The van der Waals surface area contributed by atoms with E-state index in [0.29, 0.717) is 4.47 Å². The molecule has 0 aliphatic carbocycles. The van der Waals surface area contributed by atoms with E-state index in [9.17, 15) is 18.3 Å². The number of hydrogen-bond donors (Lipinski definition) is 2. The van der Waals surface area contributed by atoms with Crippen LogP contribution in [-0.2, 0) is 19.6 Å². The molecule has 1 aromatic carbocycles. The van der Waals surface area contributed by atoms with Gasteiger partial charge in [0.25, 0.3) is 0 Å². The Bertz CT molecular complexity index is 632. The molecule has 1 fully saturated rings. The van der Waals surface area contributed by atoms with Crippen LogP contribution in [0, 0.1) is 5.41 Å². The lowest BCUT2D eigenvalue weighted by Crippen LogP contribution is -2.49. The molecule has 1 heterocycles. The summed E-state index contributed by atoms with van der Waals surface area (Å²) in [5, 5.41) is 9.24. The molecule has 2 rings (SSSR count). The van der Waals surface area contributed by atoms with Gasteiger partial charge in [-0.2, -0.15) is 0 Å². The van der Waals surface area contributed by atoms with Gasteiger partial charge in [0, 0.05) is 4.47 Å². The molecule has 8 heteroatoms. The van der Waals surface area contributed by atoms with E-state index in [1.807, 2.05) is 0 Å². The van der Waals surface area contributed by atoms with Crippen molar-refractivity contribution in [3.05, 3.63) is 28.7 Å². The summed E-state index contributed by atoms with van der Waals surface area (Å²) in [6, 6.07) is 5.54. The summed E-state index contributed by atoms with van der Waals surface area (Å²) in [4.78, 5) is 11.4. The maximum atomic E-state index is 12.3. The average molecular weight is 364 g/mol. The lowest BCUT2D eigenvalue weighted by Gasteiger charge is -2.25. The molecule has 0 amide bonds. The quantitative estimate of drug-likeness (QED) is 0.838. The van der Waals surface area contributed by atoms with Crippen LogP contribution in [0.4, 0.5) is 0 Å². The van der Waals surface area contributed by atoms with E-state index in [4.69, 9.17) is 4.74 Å². The maximum absolute atomic E-state index is 12.3. The second-order valence-corrected chi connectivity index (χ2v) is 7.38. The first-order valence-corrected chi connectivity index (χ1v) is 8.13. The van der Waals surface area contributed by atoms with E-state index in [0.717, 1.165) is 0 Å². The number of sulfonamides is 1. The Balaban J connectivity index is 2.30. The Morgan fingerprint density at radius 2 is 2.15 bits per heavy atom. The van der Waals surface area contributed by atoms with Gasteiger partial charge in [0.1, 0.15) is 5.41 Å². The molecule has 0 aromatic heterocycles. The van der Waals surface area contributed by atoms with E-state index >= 15 is 0 Å². The van der Waals surface area contributed by atoms with E-state index in [1.165, 1.54) is 13.0 Å². The van der Waals surface area contributed by atoms with Crippen LogP contribution in [0.1, 0.15) is 6.92 Å². The highest BCUT2D eigenvalue weighted by molar-refractivity contribution is 9.10. The van der Waals surface area contributed by atoms with Gasteiger partial charge in [-0.3, -0.25) is 4.79 Å². The number of carboxylic acids is 1. The first-order chi connectivity index (χ1) is 9.27. The standard InChI is InChI=1S/C12H14BrNO5S/c1-12(11(15)16)7-19-6-10(12)14-20(17,18)9-5-3-2-4-8(9)13/h2-5,10,14H,6-7H2,1H3,(H,15,16). The van der Waals surface area contributed by atoms with Crippen LogP contribution >= 0.6 is 15.9 Å². The smallest absolute Gasteiger partial charge is 0.313 e. The van der Waals surface area contributed by atoms with Gasteiger partial charge in [0.05, 0.1) is 24.2 Å². The highest BCUT2D eigenvalue weighted by Gasteiger charge is 2.48. The Hall–Kier alpha value is -0.960. The second-order valence-electron chi connectivity index (χ2n) is 4.84. The van der Waals surface area contributed by atoms with E-state index in [-0.39, 0.29) is 18.1 Å². The molecule has 1 aliphatic heterocycles. The summed E-state index contributed by atoms with van der Waals surface area (Å²) in [6.45, 7) is 1.48. The molecule has 6 nitrogen and oxygen atoms in total. The Labute approximate surface area is 125 Å². The molecule has 1 aliphatic rings. The number of rotatable bonds is 4. The second kappa shape index (κ2) is 5.44. The average Bonchev–Trinajstić information content (AvgIpc) is 2.72. The van der Waals surface area contributed by atoms with Crippen molar-refractivity contribution < 1.29 is 23.1 Å². The fourth-order valence-corrected chi connectivity index (χ4v) is 4.30. The minimum Gasteiger partial charge on any atom is -0.481 e. The van der Waals surface area contributed by atoms with Gasteiger partial charge in [-0.25, -0.2) is 13.1 Å². The van der Waals surface area contributed by atoms with Crippen LogP contribution in [0.2, 0.25) is 0 Å². The minimum absolute atomic E-state index is 0.0223. The maximum Gasteiger partial charge on any atom is 0.313 e. The third-order valence-electron chi connectivity index (χ3n) is 3.37. The van der Waals surface area contributed by atoms with Crippen LogP contribution in [0.3, 0.4) is 0 Å². The predicted octanol–water partition coefficient (Wildman–Crippen LogP) is 1.22. The van der Waals surface area contributed by atoms with Gasteiger partial charge in [-0.1, -0.05) is 12.1 Å². The molecule has 0 saturated carbocycles. The van der Waals surface area contributed by atoms with Gasteiger partial charge < -0.3 is 9.84 Å². The molecular formula is C12H14BrNO5S. The molecule has 2 N–H and O–H groups in total. The van der Waals surface area contributed by atoms with E-state index in [2.05, 4.69) is 20.7 Å². The molecule has 0 radical (unpaired) electrons. The zero-order valence-corrected chi connectivity index (χ0v) is 13.1. The SMILES string of the molecule is CC1(C(=O)O)COCC1NS(=O)(=O)c1ccccc1Br. The largest absolute Gasteiger partial charge is 0.481 e. The number of hydrogen-bond acceptors (Lipinski definition) is 4. The summed E-state index contributed by atoms with van der Waals surface area (Å²) in [6.07, 6.45) is 0. The molecule has 0 spiro atoms. The molecule has 1 aromatic rings. The third kappa shape index (κ3) is 2.73. The third-order valence-corrected chi connectivity index (χ3v) is 5.85. The minimum atomic E-state index is -3.82. The van der Waals surface area contributed by atoms with Crippen LogP contribution in [0.15, 0.2) is 33.6 Å². The fourth-order valence-electron chi connectivity index (χ4n) is 1.96. The zero-order chi connectivity index (χ0) is 15.0. The summed E-state index contributed by atoms with van der Waals surface area (Å²) < 4.78 is 32.6. The van der Waals surface area contributed by atoms with Crippen molar-refractivity contribution in [2.75, 3.05) is 13.2 Å². The van der Waals surface area contributed by atoms with Gasteiger partial charge >= 0.3 is 5.97 Å². The van der Waals surface area contributed by atoms with Crippen molar-refractivity contribution in [2.45, 2.75) is 17.9 Å². The van der Waals surface area contributed by atoms with Crippen molar-refractivity contribution in [2.24, 2.45) is 5.41 Å². The fraction of sp³-hybridized carbons (Fsp3) is 0.417. The molecule has 2 unspecified atom stereocenters. The topological polar surface area (TPSA) is 92.7 Å². The van der Waals surface area contributed by atoms with Crippen molar-refractivity contribution >= 4 is 31.9 Å². The van der Waals surface area contributed by atoms with Gasteiger partial charge in [-0.15, -0.1) is 0 Å². The zero-order valence-electron chi connectivity index (χ0n) is 10.7. The summed E-state index contributed by atoms with van der Waals surface area (Å²) in [7, 11) is -3.82. The Morgan fingerprint density at radius 1 is 1.50 bits per heavy atom. The summed E-state index contributed by atoms with van der Waals surface area (Å²) in [5.74, 6) is -1.09. The normalized spacial score (nSPS) is 26.6. The van der Waals surface area contributed by atoms with Gasteiger partial charge in [0.2, 0.25) is 10.0 Å². The number of halogens is 1. The number of carbonyl (C=O) groups is 1. The lowest BCUT2D eigenvalue weighted by atomic mass is 9.86. The Kier molecular flexibility index (Phi) is 4.19. The summed E-state index contributed by atoms with van der Waals surface area (Å²) >= 11 is 3.17. The molecule has 20 heavy (non-hydrogen) atoms. The number of nitrogens with one attached hydrogen (secondary N) is 1. The number of carboxylic acid groups (broad SMARTS) is 1. The number of benzene rings is 1. The highest BCUT2D eigenvalue weighted by Crippen LogP contribution is 2.30. The number of ether oxygens (including phenoxy) is 1. The van der Waals surface area contributed by atoms with E-state index < -0.39 is 27.4 Å². The van der Waals surface area contributed by atoms with Crippen LogP contribution in [-0.4, -0.2) is 38.7 Å². The van der Waals surface area contributed by atoms with Gasteiger partial charge in [-0.05, 0) is 35.0 Å². The van der Waals surface area contributed by atoms with Crippen molar-refractivity contribution in [3.63, 3.8) is 0 Å². The molecule has 110 valence electrons. The molecule has 1 saturated heterocycles. The van der Waals surface area contributed by atoms with Crippen molar-refractivity contribution in [1.82, 2.24) is 4.72 Å². The van der Waals surface area contributed by atoms with Crippen LogP contribution < -0.4 is 4.72 Å². The van der Waals surface area contributed by atoms with E-state index in [1.54, 1.807) is 18.2 Å². The predicted molar refractivity (Wildman–Crippen MR) is 74.8 cm³/mol. The lowest BCUT2D eigenvalue weighted by molar-refractivity contribution is -0.148. The van der Waals surface area contributed by atoms with Crippen LogP contribution in [0.25, 0.3) is 0 Å². The first kappa shape index (κ1) is 15.4. The van der Waals surface area contributed by atoms with Gasteiger partial charge in [0.15, 0.2) is 0 Å². The monoisotopic (exact) mass is 363 g/mol. The van der Waals surface area contributed by atoms with Crippen molar-refractivity contribution in [3.8, 4) is 0 Å². The molecular weight excluding hydrogens is 350 g/mol. The molecule has 0 bridgehead atoms. The van der Waals surface area contributed by atoms with Crippen molar-refractivity contribution in [1.29, 1.82) is 0 Å². The summed E-state index contributed by atoms with van der Waals surface area (Å²) in [5.41, 5.74) is -1.27. The molecule has 2 atom stereocenters. The Morgan fingerprint density at radius 3 is 2.75 bits per heavy atom. The van der Waals surface area contributed by atoms with Crippen LogP contribution in [0.5, 0.6) is 0 Å². The highest BCUT2D eigenvalue weighted by atomic mass is 79.9. The number of aliphatic carboxylic acids is 1. The first-order valence-electron chi connectivity index (χ1n) is 5.85.